The minimum atomic E-state index is -0.495. The Kier molecular flexibility index (Phi) is 7.99. The van der Waals surface area contributed by atoms with Gasteiger partial charge in [-0.15, -0.1) is 0 Å². The second-order valence-corrected chi connectivity index (χ2v) is 7.09. The molecule has 24 heavy (non-hydrogen) atoms. The van der Waals surface area contributed by atoms with E-state index in [1.807, 2.05) is 12.1 Å². The Morgan fingerprint density at radius 3 is 2.33 bits per heavy atom. The Labute approximate surface area is 145 Å². The summed E-state index contributed by atoms with van der Waals surface area (Å²) in [6.07, 6.45) is 2.19. The maximum Gasteiger partial charge on any atom is 0.330 e. The summed E-state index contributed by atoms with van der Waals surface area (Å²) in [5.74, 6) is 0.489. The molecule has 0 aliphatic heterocycles. The highest BCUT2D eigenvalue weighted by molar-refractivity contribution is 5.81. The normalized spacial score (nSPS) is 13.9. The molecule has 2 atom stereocenters. The van der Waals surface area contributed by atoms with Crippen LogP contribution in [-0.2, 0) is 9.53 Å². The Morgan fingerprint density at radius 2 is 1.88 bits per heavy atom. The highest BCUT2D eigenvalue weighted by Gasteiger charge is 2.24. The van der Waals surface area contributed by atoms with Gasteiger partial charge in [-0.25, -0.2) is 4.79 Å². The van der Waals surface area contributed by atoms with Crippen molar-refractivity contribution < 1.29 is 19.4 Å². The van der Waals surface area contributed by atoms with Crippen LogP contribution in [0.1, 0.15) is 45.6 Å². The van der Waals surface area contributed by atoms with Crippen LogP contribution >= 0.6 is 0 Å². The van der Waals surface area contributed by atoms with E-state index in [2.05, 4.69) is 46.4 Å². The van der Waals surface area contributed by atoms with Crippen LogP contribution in [0.15, 0.2) is 36.9 Å². The van der Waals surface area contributed by atoms with Crippen molar-refractivity contribution in [1.29, 1.82) is 0 Å². The molecule has 0 saturated carbocycles. The summed E-state index contributed by atoms with van der Waals surface area (Å²) in [5.41, 5.74) is 1.52. The minimum Gasteiger partial charge on any atom is -0.493 e. The van der Waals surface area contributed by atoms with Crippen molar-refractivity contribution in [3.8, 4) is 5.75 Å². The maximum absolute atomic E-state index is 11.1. The van der Waals surface area contributed by atoms with Crippen LogP contribution in [0.4, 0.5) is 0 Å². The Balaban J connectivity index is 2.60. The number of aliphatic hydroxyl groups is 1. The molecule has 0 saturated heterocycles. The first-order valence-corrected chi connectivity index (χ1v) is 8.44. The molecule has 1 rings (SSSR count). The third kappa shape index (κ3) is 6.36. The van der Waals surface area contributed by atoms with Crippen LogP contribution in [0, 0.1) is 11.3 Å². The van der Waals surface area contributed by atoms with Gasteiger partial charge in [-0.3, -0.25) is 0 Å². The molecule has 0 aromatic heterocycles. The number of rotatable bonds is 9. The number of esters is 1. The first-order chi connectivity index (χ1) is 11.3. The van der Waals surface area contributed by atoms with Gasteiger partial charge in [0, 0.05) is 6.08 Å². The molecule has 0 aliphatic rings. The zero-order chi connectivity index (χ0) is 18.2. The van der Waals surface area contributed by atoms with Crippen molar-refractivity contribution in [2.75, 3.05) is 19.8 Å². The van der Waals surface area contributed by atoms with Crippen LogP contribution in [0.3, 0.4) is 0 Å². The van der Waals surface area contributed by atoms with Gasteiger partial charge in [-0.1, -0.05) is 46.4 Å². The number of carbonyl (C=O) groups is 1. The van der Waals surface area contributed by atoms with Crippen LogP contribution in [0.2, 0.25) is 0 Å². The first kappa shape index (κ1) is 20.2. The maximum atomic E-state index is 11.1. The van der Waals surface area contributed by atoms with E-state index in [1.54, 1.807) is 0 Å². The summed E-state index contributed by atoms with van der Waals surface area (Å²) in [5, 5.41) is 9.33. The lowest BCUT2D eigenvalue weighted by atomic mass is 9.75. The minimum absolute atomic E-state index is 0.107. The summed E-state index contributed by atoms with van der Waals surface area (Å²) in [4.78, 5) is 11.1. The Bertz CT molecular complexity index is 513. The van der Waals surface area contributed by atoms with Gasteiger partial charge in [0.1, 0.15) is 5.75 Å². The van der Waals surface area contributed by atoms with Crippen molar-refractivity contribution >= 4 is 5.97 Å². The molecule has 0 amide bonds. The molecule has 4 nitrogen and oxygen atoms in total. The van der Waals surface area contributed by atoms with E-state index in [4.69, 9.17) is 9.47 Å². The Morgan fingerprint density at radius 1 is 1.25 bits per heavy atom. The number of ether oxygens (including phenoxy) is 2. The standard InChI is InChI=1S/C20H30O4/c1-6-18(20(3,4)5)16-8-10-17(11-9-16)23-13-15(12-21)14-24-19(22)7-2/h7-11,15,18,21H,2,6,12-14H2,1,3-5H3. The number of carbonyl (C=O) groups excluding carboxylic acids is 1. The molecular formula is C20H30O4. The van der Waals surface area contributed by atoms with Gasteiger partial charge in [-0.2, -0.15) is 0 Å². The fourth-order valence-corrected chi connectivity index (χ4v) is 2.77. The topological polar surface area (TPSA) is 55.8 Å². The summed E-state index contributed by atoms with van der Waals surface area (Å²) >= 11 is 0. The number of hydrogen-bond acceptors (Lipinski definition) is 4. The van der Waals surface area contributed by atoms with Crippen LogP contribution in [0.25, 0.3) is 0 Å². The molecule has 0 radical (unpaired) electrons. The largest absolute Gasteiger partial charge is 0.493 e. The fraction of sp³-hybridized carbons (Fsp3) is 0.550. The summed E-state index contributed by atoms with van der Waals surface area (Å²) in [6, 6.07) is 8.10. The zero-order valence-corrected chi connectivity index (χ0v) is 15.2. The number of benzene rings is 1. The third-order valence-electron chi connectivity index (χ3n) is 4.11. The lowest BCUT2D eigenvalue weighted by Crippen LogP contribution is -2.23. The third-order valence-corrected chi connectivity index (χ3v) is 4.11. The van der Waals surface area contributed by atoms with Crippen molar-refractivity contribution in [2.24, 2.45) is 11.3 Å². The zero-order valence-electron chi connectivity index (χ0n) is 15.2. The van der Waals surface area contributed by atoms with Crippen molar-refractivity contribution in [3.63, 3.8) is 0 Å². The smallest absolute Gasteiger partial charge is 0.330 e. The van der Waals surface area contributed by atoms with Gasteiger partial charge in [0.25, 0.3) is 0 Å². The van der Waals surface area contributed by atoms with Gasteiger partial charge in [-0.05, 0) is 35.4 Å². The van der Waals surface area contributed by atoms with E-state index < -0.39 is 5.97 Å². The van der Waals surface area contributed by atoms with Crippen LogP contribution in [0.5, 0.6) is 5.75 Å². The molecule has 0 aliphatic carbocycles. The lowest BCUT2D eigenvalue weighted by molar-refractivity contribution is -0.139. The van der Waals surface area contributed by atoms with Gasteiger partial charge in [0.2, 0.25) is 0 Å². The van der Waals surface area contributed by atoms with Crippen molar-refractivity contribution in [1.82, 2.24) is 0 Å². The number of aliphatic hydroxyl groups excluding tert-OH is 1. The SMILES string of the molecule is C=CC(=O)OCC(CO)COc1ccc(C(CC)C(C)(C)C)cc1. The van der Waals surface area contributed by atoms with E-state index in [0.29, 0.717) is 5.92 Å². The van der Waals surface area contributed by atoms with Gasteiger partial charge < -0.3 is 14.6 Å². The molecule has 1 aromatic carbocycles. The highest BCUT2D eigenvalue weighted by Crippen LogP contribution is 2.37. The fourth-order valence-electron chi connectivity index (χ4n) is 2.77. The predicted molar refractivity (Wildman–Crippen MR) is 96.2 cm³/mol. The molecule has 0 fully saturated rings. The molecular weight excluding hydrogens is 304 g/mol. The second kappa shape index (κ2) is 9.48. The van der Waals surface area contributed by atoms with Crippen molar-refractivity contribution in [3.05, 3.63) is 42.5 Å². The summed E-state index contributed by atoms with van der Waals surface area (Å²) < 4.78 is 10.6. The van der Waals surface area contributed by atoms with E-state index in [1.165, 1.54) is 5.56 Å². The molecule has 1 N–H and O–H groups in total. The summed E-state index contributed by atoms with van der Waals surface area (Å²) in [7, 11) is 0. The lowest BCUT2D eigenvalue weighted by Gasteiger charge is -2.30. The molecule has 4 heteroatoms. The van der Waals surface area contributed by atoms with Gasteiger partial charge in [0.15, 0.2) is 0 Å². The predicted octanol–water partition coefficient (Wildman–Crippen LogP) is 3.94. The van der Waals surface area contributed by atoms with Gasteiger partial charge >= 0.3 is 5.97 Å². The van der Waals surface area contributed by atoms with Crippen molar-refractivity contribution in [2.45, 2.75) is 40.0 Å². The van der Waals surface area contributed by atoms with E-state index >= 15 is 0 Å². The average molecular weight is 334 g/mol. The van der Waals surface area contributed by atoms with Crippen LogP contribution in [-0.4, -0.2) is 30.9 Å². The molecule has 0 heterocycles. The second-order valence-electron chi connectivity index (χ2n) is 7.09. The van der Waals surface area contributed by atoms with Gasteiger partial charge in [0.05, 0.1) is 25.7 Å². The molecule has 0 spiro atoms. The Hall–Kier alpha value is -1.81. The first-order valence-electron chi connectivity index (χ1n) is 8.44. The molecule has 2 unspecified atom stereocenters. The number of hydrogen-bond donors (Lipinski definition) is 1. The molecule has 0 bridgehead atoms. The highest BCUT2D eigenvalue weighted by atomic mass is 16.5. The van der Waals surface area contributed by atoms with Crippen LogP contribution < -0.4 is 4.74 Å². The van der Waals surface area contributed by atoms with E-state index in [0.717, 1.165) is 18.2 Å². The monoisotopic (exact) mass is 334 g/mol. The van der Waals surface area contributed by atoms with E-state index in [-0.39, 0.29) is 31.2 Å². The molecule has 1 aromatic rings. The quantitative estimate of drug-likeness (QED) is 0.549. The average Bonchev–Trinajstić information content (AvgIpc) is 2.55. The summed E-state index contributed by atoms with van der Waals surface area (Å²) in [6.45, 7) is 12.6. The molecule has 134 valence electrons. The van der Waals surface area contributed by atoms with E-state index in [9.17, 15) is 9.90 Å².